The van der Waals surface area contributed by atoms with Gasteiger partial charge in [0.15, 0.2) is 11.5 Å². The Balaban J connectivity index is 1.65. The maximum Gasteiger partial charge on any atom is 0.276 e. The second-order valence-corrected chi connectivity index (χ2v) is 6.02. The molecule has 0 radical (unpaired) electrons. The Morgan fingerprint density at radius 2 is 1.72 bits per heavy atom. The zero-order chi connectivity index (χ0) is 17.6. The summed E-state index contributed by atoms with van der Waals surface area (Å²) in [6.45, 7) is 0.714. The molecule has 0 aliphatic heterocycles. The van der Waals surface area contributed by atoms with Crippen LogP contribution in [-0.4, -0.2) is 23.2 Å². The predicted octanol–water partition coefficient (Wildman–Crippen LogP) is 4.02. The van der Waals surface area contributed by atoms with Gasteiger partial charge in [0.1, 0.15) is 0 Å². The molecule has 0 saturated carbocycles. The minimum Gasteiger partial charge on any atom is -0.354 e. The molecule has 0 unspecified atom stereocenters. The quantitative estimate of drug-likeness (QED) is 0.753. The van der Waals surface area contributed by atoms with Gasteiger partial charge < -0.3 is 10.2 Å². The molecule has 0 saturated heterocycles. The highest BCUT2D eigenvalue weighted by molar-refractivity contribution is 6.30. The van der Waals surface area contributed by atoms with E-state index in [1.54, 1.807) is 36.4 Å². The summed E-state index contributed by atoms with van der Waals surface area (Å²) in [7, 11) is 1.93. The van der Waals surface area contributed by atoms with Crippen LogP contribution in [0.15, 0.2) is 66.7 Å². The van der Waals surface area contributed by atoms with Gasteiger partial charge >= 0.3 is 0 Å². The normalized spacial score (nSPS) is 10.3. The smallest absolute Gasteiger partial charge is 0.276 e. The Labute approximate surface area is 151 Å². The average molecular weight is 353 g/mol. The van der Waals surface area contributed by atoms with Crippen molar-refractivity contribution in [2.45, 2.75) is 6.54 Å². The molecule has 2 aromatic carbocycles. The fraction of sp³-hybridized carbons (Fsp3) is 0.105. The minimum atomic E-state index is -0.313. The second-order valence-electron chi connectivity index (χ2n) is 5.58. The average Bonchev–Trinajstić information content (AvgIpc) is 2.64. The lowest BCUT2D eigenvalue weighted by Crippen LogP contribution is -2.20. The number of carbonyl (C=O) groups excluding carboxylic acids is 1. The molecule has 0 aliphatic rings. The number of amides is 1. The first-order valence-corrected chi connectivity index (χ1v) is 8.15. The maximum atomic E-state index is 12.2. The molecular formula is C19H17ClN4O. The molecule has 5 nitrogen and oxygen atoms in total. The Morgan fingerprint density at radius 3 is 2.36 bits per heavy atom. The molecule has 6 heteroatoms. The highest BCUT2D eigenvalue weighted by atomic mass is 35.5. The van der Waals surface area contributed by atoms with Crippen LogP contribution in [0.2, 0.25) is 5.02 Å². The summed E-state index contributed by atoms with van der Waals surface area (Å²) in [6.07, 6.45) is 0. The highest BCUT2D eigenvalue weighted by Gasteiger charge is 2.10. The molecule has 3 aromatic rings. The Hall–Kier alpha value is -2.92. The SMILES string of the molecule is CN(Cc1ccccc1)c1ccc(C(=O)Nc2ccc(Cl)cc2)nn1. The standard InChI is InChI=1S/C19H17ClN4O/c1-24(13-14-5-3-2-4-6-14)18-12-11-17(22-23-18)19(25)21-16-9-7-15(20)8-10-16/h2-12H,13H2,1H3,(H,21,25). The summed E-state index contributed by atoms with van der Waals surface area (Å²) in [5.74, 6) is 0.388. The predicted molar refractivity (Wildman–Crippen MR) is 100.0 cm³/mol. The highest BCUT2D eigenvalue weighted by Crippen LogP contribution is 2.15. The van der Waals surface area contributed by atoms with Crippen LogP contribution in [0.25, 0.3) is 0 Å². The van der Waals surface area contributed by atoms with Gasteiger partial charge in [0.05, 0.1) is 0 Å². The van der Waals surface area contributed by atoms with Gasteiger partial charge in [0, 0.05) is 24.3 Å². The molecule has 0 atom stereocenters. The number of anilines is 2. The third-order valence-electron chi connectivity index (χ3n) is 3.64. The van der Waals surface area contributed by atoms with E-state index in [-0.39, 0.29) is 11.6 Å². The lowest BCUT2D eigenvalue weighted by molar-refractivity contribution is 0.102. The van der Waals surface area contributed by atoms with Crippen molar-refractivity contribution in [1.82, 2.24) is 10.2 Å². The van der Waals surface area contributed by atoms with Crippen molar-refractivity contribution in [2.24, 2.45) is 0 Å². The summed E-state index contributed by atoms with van der Waals surface area (Å²) < 4.78 is 0. The van der Waals surface area contributed by atoms with Crippen molar-refractivity contribution in [2.75, 3.05) is 17.3 Å². The molecule has 0 aliphatic carbocycles. The number of hydrogen-bond acceptors (Lipinski definition) is 4. The van der Waals surface area contributed by atoms with Gasteiger partial charge in [-0.25, -0.2) is 0 Å². The molecule has 0 fully saturated rings. The van der Waals surface area contributed by atoms with Gasteiger partial charge in [-0.05, 0) is 42.0 Å². The van der Waals surface area contributed by atoms with E-state index in [9.17, 15) is 4.79 Å². The summed E-state index contributed by atoms with van der Waals surface area (Å²) in [5, 5.41) is 11.5. The number of benzene rings is 2. The number of carbonyl (C=O) groups is 1. The van der Waals surface area contributed by atoms with Crippen LogP contribution >= 0.6 is 11.6 Å². The van der Waals surface area contributed by atoms with Crippen LogP contribution in [-0.2, 0) is 6.54 Å². The zero-order valence-electron chi connectivity index (χ0n) is 13.7. The van der Waals surface area contributed by atoms with E-state index >= 15 is 0 Å². The third-order valence-corrected chi connectivity index (χ3v) is 3.89. The number of rotatable bonds is 5. The largest absolute Gasteiger partial charge is 0.354 e. The molecule has 1 N–H and O–H groups in total. The van der Waals surface area contributed by atoms with Crippen LogP contribution in [0.5, 0.6) is 0 Å². The van der Waals surface area contributed by atoms with Crippen LogP contribution in [0.1, 0.15) is 16.1 Å². The molecule has 3 rings (SSSR count). The summed E-state index contributed by atoms with van der Waals surface area (Å²) in [4.78, 5) is 14.2. The number of nitrogens with one attached hydrogen (secondary N) is 1. The van der Waals surface area contributed by atoms with Gasteiger partial charge in [-0.15, -0.1) is 10.2 Å². The first kappa shape index (κ1) is 16.9. The van der Waals surface area contributed by atoms with E-state index in [0.717, 1.165) is 0 Å². The number of halogens is 1. The number of aromatic nitrogens is 2. The molecule has 1 heterocycles. The second kappa shape index (κ2) is 7.77. The fourth-order valence-corrected chi connectivity index (χ4v) is 2.44. The van der Waals surface area contributed by atoms with Crippen LogP contribution < -0.4 is 10.2 Å². The lowest BCUT2D eigenvalue weighted by Gasteiger charge is -2.17. The Morgan fingerprint density at radius 1 is 1.00 bits per heavy atom. The van der Waals surface area contributed by atoms with E-state index < -0.39 is 0 Å². The molecule has 1 aromatic heterocycles. The van der Waals surface area contributed by atoms with E-state index in [1.807, 2.05) is 30.1 Å². The number of hydrogen-bond donors (Lipinski definition) is 1. The Bertz CT molecular complexity index is 836. The van der Waals surface area contributed by atoms with Crippen molar-refractivity contribution in [1.29, 1.82) is 0 Å². The van der Waals surface area contributed by atoms with E-state index in [1.165, 1.54) is 5.56 Å². The van der Waals surface area contributed by atoms with Crippen molar-refractivity contribution >= 4 is 29.0 Å². The van der Waals surface area contributed by atoms with Crippen LogP contribution in [0.3, 0.4) is 0 Å². The van der Waals surface area contributed by atoms with Crippen molar-refractivity contribution < 1.29 is 4.79 Å². The van der Waals surface area contributed by atoms with E-state index in [4.69, 9.17) is 11.6 Å². The minimum absolute atomic E-state index is 0.256. The van der Waals surface area contributed by atoms with Gasteiger partial charge in [0.25, 0.3) is 5.91 Å². The molecule has 0 bridgehead atoms. The van der Waals surface area contributed by atoms with Gasteiger partial charge in [-0.1, -0.05) is 41.9 Å². The molecule has 126 valence electrons. The lowest BCUT2D eigenvalue weighted by atomic mass is 10.2. The molecule has 1 amide bonds. The van der Waals surface area contributed by atoms with Crippen molar-refractivity contribution in [3.8, 4) is 0 Å². The monoisotopic (exact) mass is 352 g/mol. The summed E-state index contributed by atoms with van der Waals surface area (Å²) in [6, 6.07) is 20.4. The summed E-state index contributed by atoms with van der Waals surface area (Å²) >= 11 is 5.83. The van der Waals surface area contributed by atoms with Gasteiger partial charge in [-0.2, -0.15) is 0 Å². The molecule has 25 heavy (non-hydrogen) atoms. The van der Waals surface area contributed by atoms with Crippen LogP contribution in [0.4, 0.5) is 11.5 Å². The summed E-state index contributed by atoms with van der Waals surface area (Å²) in [5.41, 5.74) is 2.09. The third kappa shape index (κ3) is 4.55. The number of nitrogens with zero attached hydrogens (tertiary/aromatic N) is 3. The van der Waals surface area contributed by atoms with Gasteiger partial charge in [0.2, 0.25) is 0 Å². The Kier molecular flexibility index (Phi) is 5.26. The van der Waals surface area contributed by atoms with E-state index in [0.29, 0.717) is 23.1 Å². The molecule has 0 spiro atoms. The van der Waals surface area contributed by atoms with Crippen molar-refractivity contribution in [3.05, 3.63) is 83.0 Å². The maximum absolute atomic E-state index is 12.2. The zero-order valence-corrected chi connectivity index (χ0v) is 14.4. The van der Waals surface area contributed by atoms with Crippen molar-refractivity contribution in [3.63, 3.8) is 0 Å². The molecular weight excluding hydrogens is 336 g/mol. The first-order chi connectivity index (χ1) is 12.1. The van der Waals surface area contributed by atoms with E-state index in [2.05, 4.69) is 27.6 Å². The van der Waals surface area contributed by atoms with Gasteiger partial charge in [-0.3, -0.25) is 4.79 Å². The first-order valence-electron chi connectivity index (χ1n) is 7.77. The fourth-order valence-electron chi connectivity index (χ4n) is 2.32. The topological polar surface area (TPSA) is 58.1 Å². The van der Waals surface area contributed by atoms with Crippen LogP contribution in [0, 0.1) is 0 Å².